The molecule has 0 nitrogen and oxygen atoms in total. The maximum absolute atomic E-state index is 2.47. The van der Waals surface area contributed by atoms with Gasteiger partial charge in [-0.15, -0.1) is 0 Å². The van der Waals surface area contributed by atoms with Gasteiger partial charge in [-0.3, -0.25) is 0 Å². The second kappa shape index (κ2) is 11.2. The highest BCUT2D eigenvalue weighted by molar-refractivity contribution is 6.27. The second-order valence-corrected chi connectivity index (χ2v) is 15.2. The molecule has 0 aromatic heterocycles. The van der Waals surface area contributed by atoms with Crippen molar-refractivity contribution in [3.8, 4) is 55.6 Å². The third kappa shape index (κ3) is 4.42. The number of fused-ring (bicyclic) bond motifs is 5. The lowest BCUT2D eigenvalue weighted by molar-refractivity contribution is 0.661. The van der Waals surface area contributed by atoms with Gasteiger partial charge in [0, 0.05) is 5.41 Å². The highest BCUT2D eigenvalue weighted by Crippen LogP contribution is 2.53. The average molecular weight is 673 g/mol. The van der Waals surface area contributed by atoms with Gasteiger partial charge in [0.25, 0.3) is 0 Å². The molecule has 0 atom stereocenters. The molecule has 1 aliphatic carbocycles. The molecule has 0 amide bonds. The van der Waals surface area contributed by atoms with Crippen molar-refractivity contribution in [3.05, 3.63) is 193 Å². The summed E-state index contributed by atoms with van der Waals surface area (Å²) in [6.07, 6.45) is 0. The largest absolute Gasteiger partial charge is 0.0622 e. The van der Waals surface area contributed by atoms with Gasteiger partial charge in [-0.25, -0.2) is 0 Å². The summed E-state index contributed by atoms with van der Waals surface area (Å²) in [7, 11) is 0. The molecule has 248 valence electrons. The van der Waals surface area contributed by atoms with Crippen LogP contribution in [-0.2, 0) is 5.41 Å². The third-order valence-electron chi connectivity index (χ3n) is 12.0. The standard InChI is InChI=1S/C53H36/c1-53(2)48-21-9-8-20-46(48)52-43-19-7-6-18-42(43)47(32-49(52)53)39-17-11-15-37(31-39)36-14-10-16-38(30-36)41-27-23-35-24-28-44-40(33-12-4-3-5-13-33)26-22-34-25-29-45(41)51(35)50(34)44/h3-32H,1-2H3. The number of hydrogen-bond donors (Lipinski definition) is 0. The summed E-state index contributed by atoms with van der Waals surface area (Å²) in [6, 6.07) is 67.8. The molecular formula is C53H36. The van der Waals surface area contributed by atoms with E-state index < -0.39 is 0 Å². The van der Waals surface area contributed by atoms with E-state index in [1.807, 2.05) is 0 Å². The van der Waals surface area contributed by atoms with Crippen LogP contribution in [0.15, 0.2) is 182 Å². The van der Waals surface area contributed by atoms with Crippen LogP contribution in [0, 0.1) is 0 Å². The van der Waals surface area contributed by atoms with E-state index in [1.165, 1.54) is 110 Å². The van der Waals surface area contributed by atoms with Crippen molar-refractivity contribution in [1.82, 2.24) is 0 Å². The summed E-state index contributed by atoms with van der Waals surface area (Å²) in [4.78, 5) is 0. The average Bonchev–Trinajstić information content (AvgIpc) is 3.45. The fraction of sp³-hybridized carbons (Fsp3) is 0.0566. The Morgan fingerprint density at radius 3 is 1.49 bits per heavy atom. The Hall–Kier alpha value is -6.50. The first-order chi connectivity index (χ1) is 26.0. The van der Waals surface area contributed by atoms with E-state index in [-0.39, 0.29) is 5.41 Å². The molecule has 0 fully saturated rings. The van der Waals surface area contributed by atoms with E-state index in [2.05, 4.69) is 196 Å². The van der Waals surface area contributed by atoms with E-state index in [9.17, 15) is 0 Å². The fourth-order valence-corrected chi connectivity index (χ4v) is 9.44. The van der Waals surface area contributed by atoms with Gasteiger partial charge in [0.05, 0.1) is 0 Å². The minimum Gasteiger partial charge on any atom is -0.0622 e. The monoisotopic (exact) mass is 672 g/mol. The summed E-state index contributed by atoms with van der Waals surface area (Å²) in [5.74, 6) is 0. The molecule has 53 heavy (non-hydrogen) atoms. The van der Waals surface area contributed by atoms with Gasteiger partial charge in [-0.05, 0) is 128 Å². The molecule has 0 aliphatic heterocycles. The first kappa shape index (κ1) is 30.2. The molecule has 1 aliphatic rings. The molecule has 0 bridgehead atoms. The summed E-state index contributed by atoms with van der Waals surface area (Å²) < 4.78 is 0. The van der Waals surface area contributed by atoms with Crippen LogP contribution in [0.2, 0.25) is 0 Å². The first-order valence-electron chi connectivity index (χ1n) is 18.7. The summed E-state index contributed by atoms with van der Waals surface area (Å²) >= 11 is 0. The van der Waals surface area contributed by atoms with Crippen molar-refractivity contribution in [2.24, 2.45) is 0 Å². The SMILES string of the molecule is CC1(C)c2ccccc2-c2c1cc(-c1cccc(-c3cccc(-c4ccc5ccc6c(-c7ccccc7)ccc7ccc4c5c76)c3)c1)c1ccccc21. The summed E-state index contributed by atoms with van der Waals surface area (Å²) in [6.45, 7) is 4.75. The van der Waals surface area contributed by atoms with Crippen molar-refractivity contribution in [1.29, 1.82) is 0 Å². The lowest BCUT2D eigenvalue weighted by Crippen LogP contribution is -2.15. The van der Waals surface area contributed by atoms with Gasteiger partial charge in [0.15, 0.2) is 0 Å². The lowest BCUT2D eigenvalue weighted by atomic mass is 9.80. The molecule has 10 aromatic rings. The first-order valence-corrected chi connectivity index (χ1v) is 18.7. The molecule has 11 rings (SSSR count). The Bertz CT molecular complexity index is 3070. The van der Waals surface area contributed by atoms with Crippen LogP contribution in [0.4, 0.5) is 0 Å². The fourth-order valence-electron chi connectivity index (χ4n) is 9.44. The quantitative estimate of drug-likeness (QED) is 0.163. The van der Waals surface area contributed by atoms with Crippen LogP contribution >= 0.6 is 0 Å². The zero-order valence-electron chi connectivity index (χ0n) is 29.8. The van der Waals surface area contributed by atoms with E-state index in [4.69, 9.17) is 0 Å². The predicted molar refractivity (Wildman–Crippen MR) is 227 cm³/mol. The van der Waals surface area contributed by atoms with Crippen molar-refractivity contribution >= 4 is 43.1 Å². The van der Waals surface area contributed by atoms with E-state index in [0.29, 0.717) is 0 Å². The Labute approximate surface area is 310 Å². The molecule has 0 radical (unpaired) electrons. The summed E-state index contributed by atoms with van der Waals surface area (Å²) in [5.41, 5.74) is 15.5. The van der Waals surface area contributed by atoms with Crippen molar-refractivity contribution in [2.75, 3.05) is 0 Å². The zero-order valence-corrected chi connectivity index (χ0v) is 29.8. The smallest absolute Gasteiger partial charge is 0.0159 e. The summed E-state index contributed by atoms with van der Waals surface area (Å²) in [5, 5.41) is 10.5. The maximum Gasteiger partial charge on any atom is 0.0159 e. The molecule has 0 spiro atoms. The Kier molecular flexibility index (Phi) is 6.40. The van der Waals surface area contributed by atoms with Crippen molar-refractivity contribution in [3.63, 3.8) is 0 Å². The topological polar surface area (TPSA) is 0 Å². The van der Waals surface area contributed by atoms with E-state index in [0.717, 1.165) is 0 Å². The van der Waals surface area contributed by atoms with Gasteiger partial charge >= 0.3 is 0 Å². The van der Waals surface area contributed by atoms with Crippen molar-refractivity contribution in [2.45, 2.75) is 19.3 Å². The van der Waals surface area contributed by atoms with Crippen LogP contribution in [0.1, 0.15) is 25.0 Å². The molecule has 0 heterocycles. The lowest BCUT2D eigenvalue weighted by Gasteiger charge is -2.23. The van der Waals surface area contributed by atoms with Gasteiger partial charge in [-0.1, -0.05) is 178 Å². The Morgan fingerprint density at radius 1 is 0.302 bits per heavy atom. The molecular weight excluding hydrogens is 637 g/mol. The van der Waals surface area contributed by atoms with Crippen LogP contribution < -0.4 is 0 Å². The van der Waals surface area contributed by atoms with Crippen LogP contribution in [0.3, 0.4) is 0 Å². The number of benzene rings is 10. The number of rotatable bonds is 4. The van der Waals surface area contributed by atoms with E-state index >= 15 is 0 Å². The minimum atomic E-state index is -0.0690. The maximum atomic E-state index is 2.47. The minimum absolute atomic E-state index is 0.0690. The Morgan fingerprint density at radius 2 is 0.811 bits per heavy atom. The molecule has 0 unspecified atom stereocenters. The van der Waals surface area contributed by atoms with Gasteiger partial charge in [0.2, 0.25) is 0 Å². The molecule has 0 heteroatoms. The normalized spacial score (nSPS) is 13.2. The van der Waals surface area contributed by atoms with Crippen LogP contribution in [0.25, 0.3) is 98.7 Å². The molecule has 0 saturated carbocycles. The van der Waals surface area contributed by atoms with E-state index in [1.54, 1.807) is 0 Å². The third-order valence-corrected chi connectivity index (χ3v) is 12.0. The van der Waals surface area contributed by atoms with Gasteiger partial charge < -0.3 is 0 Å². The zero-order chi connectivity index (χ0) is 35.3. The van der Waals surface area contributed by atoms with Crippen LogP contribution in [-0.4, -0.2) is 0 Å². The van der Waals surface area contributed by atoms with Gasteiger partial charge in [0.1, 0.15) is 0 Å². The van der Waals surface area contributed by atoms with Crippen molar-refractivity contribution < 1.29 is 0 Å². The molecule has 0 saturated heterocycles. The predicted octanol–water partition coefficient (Wildman–Crippen LogP) is 14.7. The second-order valence-electron chi connectivity index (χ2n) is 15.2. The highest BCUT2D eigenvalue weighted by atomic mass is 14.4. The highest BCUT2D eigenvalue weighted by Gasteiger charge is 2.37. The molecule has 0 N–H and O–H groups in total. The molecule has 10 aromatic carbocycles. The van der Waals surface area contributed by atoms with Crippen LogP contribution in [0.5, 0.6) is 0 Å². The number of hydrogen-bond acceptors (Lipinski definition) is 0. The Balaban J connectivity index is 1.05. The van der Waals surface area contributed by atoms with Gasteiger partial charge in [-0.2, -0.15) is 0 Å².